The van der Waals surface area contributed by atoms with Gasteiger partial charge in [0.25, 0.3) is 0 Å². The molecular formula is C7H16Cl2F6. The van der Waals surface area contributed by atoms with E-state index in [2.05, 4.69) is 0 Å². The van der Waals surface area contributed by atoms with Crippen LogP contribution in [0.2, 0.25) is 0 Å². The van der Waals surface area contributed by atoms with E-state index in [-0.39, 0.29) is 27.1 Å². The van der Waals surface area contributed by atoms with Crippen LogP contribution in [-0.2, 0) is 0 Å². The van der Waals surface area contributed by atoms with Gasteiger partial charge >= 0.3 is 12.4 Å². The Morgan fingerprint density at radius 2 is 1.27 bits per heavy atom. The van der Waals surface area contributed by atoms with Gasteiger partial charge in [-0.1, -0.05) is 14.4 Å². The quantitative estimate of drug-likeness (QED) is 0.444. The van der Waals surface area contributed by atoms with Gasteiger partial charge in [-0.05, 0) is 0 Å². The molecule has 0 N–H and O–H groups in total. The number of hydrogen-bond donors (Lipinski definition) is 0. The monoisotopic (exact) mass is 284 g/mol. The second-order valence-corrected chi connectivity index (χ2v) is 2.40. The van der Waals surface area contributed by atoms with Gasteiger partial charge in [0.1, 0.15) is 0 Å². The lowest BCUT2D eigenvalue weighted by molar-refractivity contribution is -0.131. The molecule has 0 spiro atoms. The maximum atomic E-state index is 11.0. The maximum Gasteiger partial charge on any atom is 0.390 e. The highest BCUT2D eigenvalue weighted by Gasteiger charge is 2.25. The molecule has 0 heterocycles. The highest BCUT2D eigenvalue weighted by molar-refractivity contribution is 6.17. The van der Waals surface area contributed by atoms with Gasteiger partial charge in [0.15, 0.2) is 0 Å². The van der Waals surface area contributed by atoms with Crippen molar-refractivity contribution in [3.8, 4) is 0 Å². The largest absolute Gasteiger partial charge is 0.390 e. The van der Waals surface area contributed by atoms with Crippen molar-refractivity contribution in [2.45, 2.75) is 39.5 Å². The molecule has 0 atom stereocenters. The van der Waals surface area contributed by atoms with Gasteiger partial charge in [0, 0.05) is 13.7 Å². The first kappa shape index (κ1) is 24.4. The minimum atomic E-state index is -4.08. The van der Waals surface area contributed by atoms with E-state index in [4.69, 9.17) is 11.6 Å². The summed E-state index contributed by atoms with van der Waals surface area (Å²) in [4.78, 5) is 0. The fourth-order valence-electron chi connectivity index (χ4n) is 0.107. The van der Waals surface area contributed by atoms with Crippen LogP contribution in [0.15, 0.2) is 0 Å². The smallest absolute Gasteiger partial charge is 0.171 e. The molecule has 0 unspecified atom stereocenters. The van der Waals surface area contributed by atoms with Crippen LogP contribution >= 0.6 is 24.0 Å². The molecule has 0 saturated heterocycles. The van der Waals surface area contributed by atoms with Gasteiger partial charge in [0.2, 0.25) is 0 Å². The summed E-state index contributed by atoms with van der Waals surface area (Å²) < 4.78 is 65.3. The number of hydrogen-bond acceptors (Lipinski definition) is 0. The van der Waals surface area contributed by atoms with Crippen molar-refractivity contribution >= 4 is 24.0 Å². The maximum absolute atomic E-state index is 11.0. The van der Waals surface area contributed by atoms with Gasteiger partial charge in [-0.15, -0.1) is 24.0 Å². The van der Waals surface area contributed by atoms with Crippen molar-refractivity contribution in [1.29, 1.82) is 0 Å². The van der Waals surface area contributed by atoms with Gasteiger partial charge in [-0.2, -0.15) is 26.3 Å². The number of rotatable bonds is 1. The fraction of sp³-hybridized carbons (Fsp3) is 1.00. The Bertz CT molecular complexity index is 125. The Hall–Kier alpha value is 0.160. The second-order valence-electron chi connectivity index (χ2n) is 2.02. The van der Waals surface area contributed by atoms with E-state index >= 15 is 0 Å². The molecular weight excluding hydrogens is 269 g/mol. The molecule has 0 aromatic carbocycles. The van der Waals surface area contributed by atoms with Crippen molar-refractivity contribution in [2.24, 2.45) is 0 Å². The molecule has 0 rings (SSSR count). The Kier molecular flexibility index (Phi) is 17.4. The van der Waals surface area contributed by atoms with Crippen LogP contribution < -0.4 is 0 Å². The molecule has 100 valence electrons. The van der Waals surface area contributed by atoms with Crippen LogP contribution in [0, 0.1) is 0 Å². The van der Waals surface area contributed by atoms with Crippen LogP contribution in [0.1, 0.15) is 28.6 Å². The van der Waals surface area contributed by atoms with E-state index in [0.29, 0.717) is 0 Å². The molecule has 0 bridgehead atoms. The average Bonchev–Trinajstić information content (AvgIpc) is 1.84. The first-order valence-electron chi connectivity index (χ1n) is 3.32. The van der Waals surface area contributed by atoms with Crippen LogP contribution in [0.5, 0.6) is 0 Å². The lowest BCUT2D eigenvalue weighted by Gasteiger charge is -1.99. The molecule has 0 aromatic heterocycles. The summed E-state index contributed by atoms with van der Waals surface area (Å²) in [6, 6.07) is 0. The number of halogens is 8. The third-order valence-corrected chi connectivity index (χ3v) is 0.968. The lowest BCUT2D eigenvalue weighted by Crippen LogP contribution is -2.06. The van der Waals surface area contributed by atoms with E-state index in [0.717, 1.165) is 6.92 Å². The zero-order chi connectivity index (χ0) is 11.1. The first-order chi connectivity index (χ1) is 5.62. The average molecular weight is 285 g/mol. The summed E-state index contributed by atoms with van der Waals surface area (Å²) in [5.41, 5.74) is 0. The van der Waals surface area contributed by atoms with Crippen LogP contribution in [0.4, 0.5) is 26.3 Å². The first-order valence-corrected chi connectivity index (χ1v) is 3.85. The molecule has 8 heteroatoms. The molecule has 15 heavy (non-hydrogen) atoms. The molecule has 0 nitrogen and oxygen atoms in total. The summed E-state index contributed by atoms with van der Waals surface area (Å²) in [6.07, 6.45) is -9.66. The molecule has 0 aliphatic carbocycles. The van der Waals surface area contributed by atoms with E-state index in [1.807, 2.05) is 0 Å². The molecule has 0 saturated carbocycles. The molecule has 0 aliphatic heterocycles. The van der Waals surface area contributed by atoms with E-state index in [1.165, 1.54) is 0 Å². The SMILES string of the molecule is C.CCC(F)(F)F.Cl.FC(F)(F)CCCl.[HH]. The second kappa shape index (κ2) is 10.7. The Morgan fingerprint density at radius 3 is 1.27 bits per heavy atom. The van der Waals surface area contributed by atoms with Crippen molar-refractivity contribution in [3.63, 3.8) is 0 Å². The minimum Gasteiger partial charge on any atom is -0.171 e. The van der Waals surface area contributed by atoms with Gasteiger partial charge in [-0.3, -0.25) is 0 Å². The Labute approximate surface area is 97.9 Å². The zero-order valence-corrected chi connectivity index (χ0v) is 8.75. The third kappa shape index (κ3) is 40.8. The van der Waals surface area contributed by atoms with Crippen LogP contribution in [0.25, 0.3) is 0 Å². The van der Waals surface area contributed by atoms with Crippen LogP contribution in [0.3, 0.4) is 0 Å². The predicted octanol–water partition coefficient (Wildman–Crippen LogP) is 5.44. The van der Waals surface area contributed by atoms with E-state index in [9.17, 15) is 26.3 Å². The molecule has 0 aliphatic rings. The van der Waals surface area contributed by atoms with Crippen molar-refractivity contribution in [2.75, 3.05) is 5.88 Å². The third-order valence-electron chi connectivity index (χ3n) is 0.779. The Balaban J connectivity index is -0.0000000428. The zero-order valence-electron chi connectivity index (χ0n) is 7.18. The standard InChI is InChI=1S/C3H4ClF3.C3H5F3.CH4.ClH.H2/c4-2-1-3(5,6)7;1-2-3(4,5)6;;;/h1-2H2;2H2,1H3;1H4;2*1H. The molecule has 0 aromatic rings. The van der Waals surface area contributed by atoms with E-state index in [1.54, 1.807) is 0 Å². The highest BCUT2D eigenvalue weighted by Crippen LogP contribution is 2.19. The summed E-state index contributed by atoms with van der Waals surface area (Å²) in [6.45, 7) is 1.08. The van der Waals surface area contributed by atoms with Gasteiger partial charge < -0.3 is 0 Å². The van der Waals surface area contributed by atoms with Crippen LogP contribution in [-0.4, -0.2) is 18.2 Å². The summed E-state index contributed by atoms with van der Waals surface area (Å²) in [5.74, 6) is -0.344. The summed E-state index contributed by atoms with van der Waals surface area (Å²) in [5, 5.41) is 0. The lowest BCUT2D eigenvalue weighted by atomic mass is 10.5. The van der Waals surface area contributed by atoms with Gasteiger partial charge in [-0.25, -0.2) is 0 Å². The van der Waals surface area contributed by atoms with Crippen molar-refractivity contribution in [3.05, 3.63) is 0 Å². The Morgan fingerprint density at radius 1 is 1.00 bits per heavy atom. The van der Waals surface area contributed by atoms with Gasteiger partial charge in [0.05, 0.1) is 6.42 Å². The number of alkyl halides is 7. The van der Waals surface area contributed by atoms with Crippen molar-refractivity contribution in [1.82, 2.24) is 0 Å². The minimum absolute atomic E-state index is 0. The van der Waals surface area contributed by atoms with E-state index < -0.39 is 25.2 Å². The predicted molar refractivity (Wildman–Crippen MR) is 53.8 cm³/mol. The normalized spacial score (nSPS) is 10.4. The van der Waals surface area contributed by atoms with Crippen molar-refractivity contribution < 1.29 is 27.8 Å². The summed E-state index contributed by atoms with van der Waals surface area (Å²) in [7, 11) is 0. The molecule has 0 amide bonds. The fourth-order valence-corrected chi connectivity index (χ4v) is 0.321. The summed E-state index contributed by atoms with van der Waals surface area (Å²) >= 11 is 4.77. The topological polar surface area (TPSA) is 0 Å². The molecule has 0 radical (unpaired) electrons. The molecule has 0 fully saturated rings. The highest BCUT2D eigenvalue weighted by atomic mass is 35.5.